The van der Waals surface area contributed by atoms with Crippen LogP contribution >= 0.6 is 11.3 Å². The van der Waals surface area contributed by atoms with Gasteiger partial charge in [-0.15, -0.1) is 0 Å². The van der Waals surface area contributed by atoms with Gasteiger partial charge in [-0.05, 0) is 31.4 Å². The molecule has 0 fully saturated rings. The molecule has 1 aliphatic heterocycles. The van der Waals surface area contributed by atoms with Crippen LogP contribution in [0.4, 0.5) is 0 Å². The van der Waals surface area contributed by atoms with Crippen molar-refractivity contribution in [2.75, 3.05) is 6.54 Å². The van der Waals surface area contributed by atoms with Gasteiger partial charge in [0.1, 0.15) is 6.04 Å². The highest BCUT2D eigenvalue weighted by Crippen LogP contribution is 2.30. The first kappa shape index (κ1) is 17.4. The van der Waals surface area contributed by atoms with Crippen LogP contribution in [0.3, 0.4) is 0 Å². The Hall–Kier alpha value is -2.41. The largest absolute Gasteiger partial charge is 0.368 e. The summed E-state index contributed by atoms with van der Waals surface area (Å²) in [5.41, 5.74) is 8.32. The van der Waals surface area contributed by atoms with Crippen molar-refractivity contribution in [2.45, 2.75) is 39.3 Å². The molecule has 25 heavy (non-hydrogen) atoms. The maximum Gasteiger partial charge on any atom is 0.307 e. The van der Waals surface area contributed by atoms with Gasteiger partial charge in [-0.3, -0.25) is 14.4 Å². The molecule has 1 aliphatic rings. The first-order valence-electron chi connectivity index (χ1n) is 8.23. The summed E-state index contributed by atoms with van der Waals surface area (Å²) >= 11 is 1.19. The van der Waals surface area contributed by atoms with Crippen molar-refractivity contribution in [3.05, 3.63) is 55.6 Å². The third-order valence-corrected chi connectivity index (χ3v) is 5.79. The average Bonchev–Trinajstić information content (AvgIpc) is 2.83. The van der Waals surface area contributed by atoms with E-state index in [9.17, 15) is 14.4 Å². The Morgan fingerprint density at radius 2 is 2.00 bits per heavy atom. The number of carbonyl (C=O) groups is 2. The number of rotatable bonds is 4. The maximum absolute atomic E-state index is 12.7. The Morgan fingerprint density at radius 1 is 1.28 bits per heavy atom. The number of aryl methyl sites for hydroxylation is 1. The van der Waals surface area contributed by atoms with E-state index in [1.54, 1.807) is 9.47 Å². The Balaban J connectivity index is 1.80. The smallest absolute Gasteiger partial charge is 0.307 e. The fourth-order valence-corrected chi connectivity index (χ4v) is 4.20. The number of benzene rings is 1. The molecule has 2 N–H and O–H groups in total. The van der Waals surface area contributed by atoms with Gasteiger partial charge < -0.3 is 15.2 Å². The second-order valence-electron chi connectivity index (χ2n) is 6.25. The minimum absolute atomic E-state index is 0.0572. The zero-order chi connectivity index (χ0) is 18.1. The van der Waals surface area contributed by atoms with Gasteiger partial charge in [0.05, 0.1) is 0 Å². The lowest BCUT2D eigenvalue weighted by Gasteiger charge is -2.35. The summed E-state index contributed by atoms with van der Waals surface area (Å²) in [5.74, 6) is -0.686. The van der Waals surface area contributed by atoms with E-state index in [0.717, 1.165) is 21.7 Å². The minimum atomic E-state index is -0.737. The summed E-state index contributed by atoms with van der Waals surface area (Å²) in [7, 11) is 0. The van der Waals surface area contributed by atoms with Crippen LogP contribution in [0.15, 0.2) is 29.1 Å². The standard InChI is InChI=1S/C18H21N3O3S/c1-11-12(2)25-18(24)20(11)10-8-15(22)21-9-7-13-5-3-4-6-14(13)16(21)17(19)23/h3-6,16H,7-10H2,1-2H3,(H2,19,23). The van der Waals surface area contributed by atoms with Crippen molar-refractivity contribution in [1.29, 1.82) is 0 Å². The number of carbonyl (C=O) groups excluding carboxylic acids is 2. The number of amides is 2. The molecule has 3 rings (SSSR count). The molecular weight excluding hydrogens is 338 g/mol. The molecule has 1 atom stereocenters. The molecule has 0 radical (unpaired) electrons. The molecule has 1 unspecified atom stereocenters. The van der Waals surface area contributed by atoms with E-state index in [1.165, 1.54) is 11.3 Å². The molecule has 7 heteroatoms. The van der Waals surface area contributed by atoms with Gasteiger partial charge in [-0.1, -0.05) is 35.6 Å². The fourth-order valence-electron chi connectivity index (χ4n) is 3.34. The Kier molecular flexibility index (Phi) is 4.76. The number of thiazole rings is 1. The molecule has 6 nitrogen and oxygen atoms in total. The topological polar surface area (TPSA) is 85.4 Å². The molecule has 132 valence electrons. The van der Waals surface area contributed by atoms with Crippen LogP contribution < -0.4 is 10.6 Å². The summed E-state index contributed by atoms with van der Waals surface area (Å²) in [6.07, 6.45) is 0.866. The van der Waals surface area contributed by atoms with Crippen molar-refractivity contribution in [3.63, 3.8) is 0 Å². The van der Waals surface area contributed by atoms with Gasteiger partial charge in [0.25, 0.3) is 0 Å². The number of hydrogen-bond acceptors (Lipinski definition) is 4. The molecule has 0 aliphatic carbocycles. The van der Waals surface area contributed by atoms with Crippen molar-refractivity contribution in [3.8, 4) is 0 Å². The second kappa shape index (κ2) is 6.84. The average molecular weight is 359 g/mol. The number of fused-ring (bicyclic) bond motifs is 1. The lowest BCUT2D eigenvalue weighted by atomic mass is 9.92. The van der Waals surface area contributed by atoms with Crippen LogP contribution in [0, 0.1) is 13.8 Å². The van der Waals surface area contributed by atoms with E-state index in [-0.39, 0.29) is 17.2 Å². The number of nitrogens with zero attached hydrogens (tertiary/aromatic N) is 2. The van der Waals surface area contributed by atoms with E-state index < -0.39 is 11.9 Å². The Morgan fingerprint density at radius 3 is 2.64 bits per heavy atom. The number of nitrogens with two attached hydrogens (primary N) is 1. The summed E-state index contributed by atoms with van der Waals surface area (Å²) in [4.78, 5) is 39.1. The van der Waals surface area contributed by atoms with Gasteiger partial charge in [-0.2, -0.15) is 0 Å². The fraction of sp³-hybridized carbons (Fsp3) is 0.389. The van der Waals surface area contributed by atoms with Crippen LogP contribution in [-0.4, -0.2) is 27.8 Å². The molecular formula is C18H21N3O3S. The molecule has 2 amide bonds. The van der Waals surface area contributed by atoms with Crippen molar-refractivity contribution < 1.29 is 9.59 Å². The van der Waals surface area contributed by atoms with Crippen LogP contribution in [0.25, 0.3) is 0 Å². The Bertz CT molecular complexity index is 884. The summed E-state index contributed by atoms with van der Waals surface area (Å²) in [5, 5.41) is 0. The maximum atomic E-state index is 12.7. The van der Waals surface area contributed by atoms with Crippen LogP contribution in [0.5, 0.6) is 0 Å². The molecule has 0 saturated heterocycles. The summed E-state index contributed by atoms with van der Waals surface area (Å²) in [6.45, 7) is 4.54. The predicted octanol–water partition coefficient (Wildman–Crippen LogP) is 1.53. The molecule has 1 aromatic heterocycles. The monoisotopic (exact) mass is 359 g/mol. The van der Waals surface area contributed by atoms with Gasteiger partial charge >= 0.3 is 4.87 Å². The number of aromatic nitrogens is 1. The van der Waals surface area contributed by atoms with Gasteiger partial charge in [0.15, 0.2) is 0 Å². The van der Waals surface area contributed by atoms with E-state index in [1.807, 2.05) is 38.1 Å². The highest BCUT2D eigenvalue weighted by molar-refractivity contribution is 7.09. The first-order chi connectivity index (χ1) is 11.9. The van der Waals surface area contributed by atoms with E-state index in [2.05, 4.69) is 0 Å². The normalized spacial score (nSPS) is 16.6. The highest BCUT2D eigenvalue weighted by Gasteiger charge is 2.34. The SMILES string of the molecule is Cc1sc(=O)n(CCC(=O)N2CCc3ccccc3C2C(N)=O)c1C. The second-order valence-corrected chi connectivity index (χ2v) is 7.42. The first-order valence-corrected chi connectivity index (χ1v) is 9.05. The van der Waals surface area contributed by atoms with Crippen molar-refractivity contribution in [1.82, 2.24) is 9.47 Å². The van der Waals surface area contributed by atoms with Gasteiger partial charge in [0, 0.05) is 30.1 Å². The van der Waals surface area contributed by atoms with E-state index >= 15 is 0 Å². The van der Waals surface area contributed by atoms with E-state index in [0.29, 0.717) is 19.5 Å². The summed E-state index contributed by atoms with van der Waals surface area (Å²) in [6, 6.07) is 6.84. The highest BCUT2D eigenvalue weighted by atomic mass is 32.1. The summed E-state index contributed by atoms with van der Waals surface area (Å²) < 4.78 is 1.62. The van der Waals surface area contributed by atoms with E-state index in [4.69, 9.17) is 5.73 Å². The zero-order valence-corrected chi connectivity index (χ0v) is 15.1. The third kappa shape index (κ3) is 3.24. The van der Waals surface area contributed by atoms with Crippen molar-refractivity contribution >= 4 is 23.2 Å². The molecule has 1 aromatic carbocycles. The molecule has 0 spiro atoms. The third-order valence-electron chi connectivity index (χ3n) is 4.80. The lowest BCUT2D eigenvalue weighted by molar-refractivity contribution is -0.140. The molecule has 0 bridgehead atoms. The van der Waals surface area contributed by atoms with Crippen molar-refractivity contribution in [2.24, 2.45) is 5.73 Å². The zero-order valence-electron chi connectivity index (χ0n) is 14.3. The van der Waals surface area contributed by atoms with Gasteiger partial charge in [-0.25, -0.2) is 0 Å². The quantitative estimate of drug-likeness (QED) is 0.898. The van der Waals surface area contributed by atoms with Crippen LogP contribution in [0.1, 0.15) is 34.2 Å². The molecule has 2 heterocycles. The number of hydrogen-bond donors (Lipinski definition) is 1. The Labute approximate surface area is 149 Å². The van der Waals surface area contributed by atoms with Crippen LogP contribution in [0.2, 0.25) is 0 Å². The van der Waals surface area contributed by atoms with Gasteiger partial charge in [0.2, 0.25) is 11.8 Å². The van der Waals surface area contributed by atoms with Crippen LogP contribution in [-0.2, 0) is 22.6 Å². The lowest BCUT2D eigenvalue weighted by Crippen LogP contribution is -2.46. The minimum Gasteiger partial charge on any atom is -0.368 e. The predicted molar refractivity (Wildman–Crippen MR) is 96.5 cm³/mol. The number of primary amides is 1. The molecule has 0 saturated carbocycles. The molecule has 2 aromatic rings.